The Labute approximate surface area is 130 Å². The number of para-hydroxylation sites is 1. The average molecular weight is 305 g/mol. The monoisotopic (exact) mass is 305 g/mol. The Bertz CT molecular complexity index is 504. The molecule has 1 saturated heterocycles. The van der Waals surface area contributed by atoms with Crippen molar-refractivity contribution < 1.29 is 4.55 Å². The van der Waals surface area contributed by atoms with Crippen LogP contribution in [-0.2, 0) is 17.9 Å². The van der Waals surface area contributed by atoms with Gasteiger partial charge in [-0.15, -0.1) is 0 Å². The predicted octanol–water partition coefficient (Wildman–Crippen LogP) is 2.91. The molecule has 1 N–H and O–H groups in total. The first-order chi connectivity index (χ1) is 10.0. The highest BCUT2D eigenvalue weighted by Crippen LogP contribution is 2.34. The first-order valence-electron chi connectivity index (χ1n) is 7.30. The normalized spacial score (nSPS) is 19.7. The van der Waals surface area contributed by atoms with Crippen LogP contribution in [0.15, 0.2) is 24.3 Å². The number of likely N-dealkylation sites (tertiary alicyclic amines) is 1. The van der Waals surface area contributed by atoms with Gasteiger partial charge in [0, 0.05) is 13.0 Å². The highest BCUT2D eigenvalue weighted by molar-refractivity contribution is 7.92. The number of anilines is 1. The minimum atomic E-state index is -1.05. The third-order valence-electron chi connectivity index (χ3n) is 4.23. The second-order valence-electron chi connectivity index (χ2n) is 6.14. The number of nitrogens with one attached hydrogen (secondary N) is 1. The van der Waals surface area contributed by atoms with E-state index in [4.69, 9.17) is 5.26 Å². The molecule has 1 fully saturated rings. The lowest BCUT2D eigenvalue weighted by molar-refractivity contribution is 0.116. The number of piperidine rings is 1. The molecule has 1 unspecified atom stereocenters. The van der Waals surface area contributed by atoms with Crippen molar-refractivity contribution in [1.82, 2.24) is 4.90 Å². The van der Waals surface area contributed by atoms with Crippen LogP contribution in [-0.4, -0.2) is 28.8 Å². The maximum absolute atomic E-state index is 11.4. The van der Waals surface area contributed by atoms with Crippen LogP contribution >= 0.6 is 0 Å². The molecule has 0 aliphatic carbocycles. The molecule has 0 saturated carbocycles. The van der Waals surface area contributed by atoms with Gasteiger partial charge in [0.15, 0.2) is 0 Å². The number of nitrogens with zero attached hydrogens (tertiary/aromatic N) is 2. The second kappa shape index (κ2) is 7.17. The van der Waals surface area contributed by atoms with E-state index < -0.39 is 11.4 Å². The molecular weight excluding hydrogens is 282 g/mol. The van der Waals surface area contributed by atoms with Crippen molar-refractivity contribution in [3.63, 3.8) is 0 Å². The number of hydrogen-bond acceptors (Lipinski definition) is 4. The zero-order valence-electron chi connectivity index (χ0n) is 12.8. The largest absolute Gasteiger partial charge is 0.593 e. The smallest absolute Gasteiger partial charge is 0.121 e. The van der Waals surface area contributed by atoms with Crippen LogP contribution in [0, 0.1) is 16.7 Å². The van der Waals surface area contributed by atoms with Gasteiger partial charge < -0.3 is 4.55 Å². The van der Waals surface area contributed by atoms with Crippen molar-refractivity contribution in [2.75, 3.05) is 24.1 Å². The molecular formula is C16H23N3OS. The highest BCUT2D eigenvalue weighted by Gasteiger charge is 2.29. The van der Waals surface area contributed by atoms with Crippen LogP contribution in [0.2, 0.25) is 0 Å². The molecule has 0 amide bonds. The highest BCUT2D eigenvalue weighted by atomic mass is 32.2. The summed E-state index contributed by atoms with van der Waals surface area (Å²) in [5.41, 5.74) is 2.30. The van der Waals surface area contributed by atoms with E-state index in [0.29, 0.717) is 6.42 Å². The molecule has 0 radical (unpaired) electrons. The minimum Gasteiger partial charge on any atom is -0.593 e. The molecule has 1 heterocycles. The summed E-state index contributed by atoms with van der Waals surface area (Å²) in [6.45, 7) is 5.11. The molecule has 1 aliphatic heterocycles. The zero-order chi connectivity index (χ0) is 15.3. The van der Waals surface area contributed by atoms with Crippen LogP contribution in [0.25, 0.3) is 0 Å². The second-order valence-corrected chi connectivity index (χ2v) is 7.25. The Kier molecular flexibility index (Phi) is 5.51. The third-order valence-corrected chi connectivity index (χ3v) is 4.74. The van der Waals surface area contributed by atoms with Crippen LogP contribution in [0.4, 0.5) is 5.69 Å². The summed E-state index contributed by atoms with van der Waals surface area (Å²) in [6, 6.07) is 10.3. The lowest BCUT2D eigenvalue weighted by Gasteiger charge is -2.38. The Morgan fingerprint density at radius 2 is 2.05 bits per heavy atom. The molecule has 114 valence electrons. The number of benzene rings is 1. The Morgan fingerprint density at radius 3 is 2.67 bits per heavy atom. The molecule has 0 bridgehead atoms. The van der Waals surface area contributed by atoms with Gasteiger partial charge >= 0.3 is 0 Å². The van der Waals surface area contributed by atoms with Crippen molar-refractivity contribution >= 4 is 17.0 Å². The number of rotatable bonds is 5. The van der Waals surface area contributed by atoms with E-state index in [1.54, 1.807) is 6.26 Å². The standard InChI is InChI=1S/C16H23N3OS/c1-16(7-10-17)8-11-19(12-9-16)13-14-5-3-4-6-15(14)18-21(2)20/h3-6,18H,7-9,11-13H2,1-2H3. The van der Waals surface area contributed by atoms with Gasteiger partial charge in [-0.05, 0) is 43.0 Å². The van der Waals surface area contributed by atoms with E-state index in [0.717, 1.165) is 38.2 Å². The van der Waals surface area contributed by atoms with Crippen LogP contribution in [0.1, 0.15) is 31.7 Å². The van der Waals surface area contributed by atoms with Gasteiger partial charge in [-0.25, -0.2) is 4.72 Å². The van der Waals surface area contributed by atoms with E-state index in [-0.39, 0.29) is 5.41 Å². The summed E-state index contributed by atoms with van der Waals surface area (Å²) >= 11 is -1.05. The van der Waals surface area contributed by atoms with Crippen molar-refractivity contribution in [3.05, 3.63) is 29.8 Å². The van der Waals surface area contributed by atoms with Crippen molar-refractivity contribution in [2.45, 2.75) is 32.7 Å². The fourth-order valence-electron chi connectivity index (χ4n) is 2.77. The molecule has 4 nitrogen and oxygen atoms in total. The molecule has 5 heteroatoms. The maximum atomic E-state index is 11.4. The quantitative estimate of drug-likeness (QED) is 0.850. The minimum absolute atomic E-state index is 0.175. The molecule has 0 spiro atoms. The van der Waals surface area contributed by atoms with Crippen LogP contribution in [0.3, 0.4) is 0 Å². The van der Waals surface area contributed by atoms with Crippen molar-refractivity contribution in [3.8, 4) is 6.07 Å². The van der Waals surface area contributed by atoms with Crippen LogP contribution < -0.4 is 4.72 Å². The molecule has 0 aromatic heterocycles. The van der Waals surface area contributed by atoms with E-state index in [2.05, 4.69) is 28.7 Å². The predicted molar refractivity (Wildman–Crippen MR) is 87.0 cm³/mol. The van der Waals surface area contributed by atoms with Gasteiger partial charge in [0.25, 0.3) is 0 Å². The first-order valence-corrected chi connectivity index (χ1v) is 8.85. The average Bonchev–Trinajstić information content (AvgIpc) is 2.43. The number of nitriles is 1. The van der Waals surface area contributed by atoms with Crippen molar-refractivity contribution in [2.24, 2.45) is 5.41 Å². The Morgan fingerprint density at radius 1 is 1.38 bits per heavy atom. The maximum Gasteiger partial charge on any atom is 0.121 e. The summed E-state index contributed by atoms with van der Waals surface area (Å²) in [7, 11) is 0. The van der Waals surface area contributed by atoms with Crippen molar-refractivity contribution in [1.29, 1.82) is 5.26 Å². The molecule has 1 aliphatic rings. The summed E-state index contributed by atoms with van der Waals surface area (Å²) in [5.74, 6) is 0. The lowest BCUT2D eigenvalue weighted by Crippen LogP contribution is -2.38. The number of hydrogen-bond donors (Lipinski definition) is 1. The topological polar surface area (TPSA) is 62.1 Å². The molecule has 1 atom stereocenters. The van der Waals surface area contributed by atoms with Gasteiger partial charge in [-0.3, -0.25) is 4.90 Å². The molecule has 2 rings (SSSR count). The summed E-state index contributed by atoms with van der Waals surface area (Å²) in [5, 5.41) is 8.90. The first kappa shape index (κ1) is 16.2. The van der Waals surface area contributed by atoms with E-state index in [1.807, 2.05) is 18.2 Å². The van der Waals surface area contributed by atoms with E-state index in [1.165, 1.54) is 5.56 Å². The lowest BCUT2D eigenvalue weighted by atomic mass is 9.78. The molecule has 21 heavy (non-hydrogen) atoms. The Balaban J connectivity index is 1.96. The summed E-state index contributed by atoms with van der Waals surface area (Å²) in [6.07, 6.45) is 4.42. The van der Waals surface area contributed by atoms with Gasteiger partial charge in [0.1, 0.15) is 6.26 Å². The molecule has 1 aromatic carbocycles. The third kappa shape index (κ3) is 4.63. The SMILES string of the molecule is C[S+]([O-])Nc1ccccc1CN1CCC(C)(CC#N)CC1. The van der Waals surface area contributed by atoms with Crippen LogP contribution in [0.5, 0.6) is 0 Å². The summed E-state index contributed by atoms with van der Waals surface area (Å²) in [4.78, 5) is 2.41. The zero-order valence-corrected chi connectivity index (χ0v) is 13.6. The fraction of sp³-hybridized carbons (Fsp3) is 0.562. The van der Waals surface area contributed by atoms with Gasteiger partial charge in [-0.2, -0.15) is 5.26 Å². The van der Waals surface area contributed by atoms with E-state index in [9.17, 15) is 4.55 Å². The Hall–Kier alpha value is -1.22. The summed E-state index contributed by atoms with van der Waals surface area (Å²) < 4.78 is 14.4. The van der Waals surface area contributed by atoms with Gasteiger partial charge in [0.05, 0.1) is 23.1 Å². The molecule has 1 aromatic rings. The van der Waals surface area contributed by atoms with Gasteiger partial charge in [-0.1, -0.05) is 25.1 Å². The fourth-order valence-corrected chi connectivity index (χ4v) is 3.28. The van der Waals surface area contributed by atoms with Gasteiger partial charge in [0.2, 0.25) is 0 Å². The van der Waals surface area contributed by atoms with E-state index >= 15 is 0 Å².